The van der Waals surface area contributed by atoms with Gasteiger partial charge in [-0.15, -0.1) is 0 Å². The van der Waals surface area contributed by atoms with E-state index in [9.17, 15) is 0 Å². The molecule has 2 N–H and O–H groups in total. The van der Waals surface area contributed by atoms with Crippen LogP contribution in [0.25, 0.3) is 0 Å². The van der Waals surface area contributed by atoms with Crippen molar-refractivity contribution in [1.82, 2.24) is 25.4 Å². The molecule has 0 radical (unpaired) electrons. The number of hydrogen-bond acceptors (Lipinski definition) is 6. The van der Waals surface area contributed by atoms with Crippen molar-refractivity contribution in [3.63, 3.8) is 0 Å². The molecule has 7 heteroatoms. The number of H-pyrrole nitrogens is 1. The Hall–Kier alpha value is -2.49. The average molecular weight is 201 g/mol. The number of aromatic amines is 1. The highest BCUT2D eigenvalue weighted by molar-refractivity contribution is 5.38. The van der Waals surface area contributed by atoms with Gasteiger partial charge in [0.25, 0.3) is 0 Å². The van der Waals surface area contributed by atoms with Gasteiger partial charge in [0.2, 0.25) is 0 Å². The van der Waals surface area contributed by atoms with E-state index < -0.39 is 0 Å². The number of nitriles is 1. The molecule has 0 saturated heterocycles. The molecule has 0 aromatic carbocycles. The SMILES string of the molecule is N#Cc1cc(NCc2cn[nH]n2)ncn1. The standard InChI is InChI=1S/C8H7N7/c9-2-6-1-8(12-5-11-6)10-3-7-4-13-15-14-7/h1,4-5H,3H2,(H,10,11,12)(H,13,14,15). The van der Waals surface area contributed by atoms with Gasteiger partial charge >= 0.3 is 0 Å². The summed E-state index contributed by atoms with van der Waals surface area (Å²) in [6.45, 7) is 0.498. The topological polar surface area (TPSA) is 103 Å². The van der Waals surface area contributed by atoms with Crippen LogP contribution >= 0.6 is 0 Å². The lowest BCUT2D eigenvalue weighted by Crippen LogP contribution is -2.02. The van der Waals surface area contributed by atoms with Gasteiger partial charge in [-0.2, -0.15) is 20.7 Å². The minimum atomic E-state index is 0.327. The Morgan fingerprint density at radius 3 is 3.13 bits per heavy atom. The molecular weight excluding hydrogens is 194 g/mol. The summed E-state index contributed by atoms with van der Waals surface area (Å²) in [5.74, 6) is 0.588. The van der Waals surface area contributed by atoms with Gasteiger partial charge in [0.05, 0.1) is 12.7 Å². The van der Waals surface area contributed by atoms with Crippen molar-refractivity contribution in [2.45, 2.75) is 6.54 Å². The third kappa shape index (κ3) is 2.25. The van der Waals surface area contributed by atoms with E-state index in [1.165, 1.54) is 6.33 Å². The third-order valence-electron chi connectivity index (χ3n) is 1.70. The quantitative estimate of drug-likeness (QED) is 0.728. The Morgan fingerprint density at radius 2 is 2.40 bits per heavy atom. The smallest absolute Gasteiger partial charge is 0.145 e. The van der Waals surface area contributed by atoms with E-state index in [1.807, 2.05) is 6.07 Å². The van der Waals surface area contributed by atoms with Gasteiger partial charge in [0.15, 0.2) is 0 Å². The Balaban J connectivity index is 2.02. The molecule has 0 spiro atoms. The molecule has 7 nitrogen and oxygen atoms in total. The average Bonchev–Trinajstić information content (AvgIpc) is 2.79. The summed E-state index contributed by atoms with van der Waals surface area (Å²) >= 11 is 0. The van der Waals surface area contributed by atoms with Crippen molar-refractivity contribution < 1.29 is 0 Å². The van der Waals surface area contributed by atoms with Crippen LogP contribution in [0, 0.1) is 11.3 Å². The zero-order valence-electron chi connectivity index (χ0n) is 7.68. The normalized spacial score (nSPS) is 9.53. The number of anilines is 1. The number of hydrogen-bond donors (Lipinski definition) is 2. The fourth-order valence-electron chi connectivity index (χ4n) is 1.01. The summed E-state index contributed by atoms with van der Waals surface area (Å²) < 4.78 is 0. The van der Waals surface area contributed by atoms with Crippen molar-refractivity contribution >= 4 is 5.82 Å². The van der Waals surface area contributed by atoms with Crippen molar-refractivity contribution in [3.05, 3.63) is 30.0 Å². The number of nitrogens with one attached hydrogen (secondary N) is 2. The molecule has 74 valence electrons. The summed E-state index contributed by atoms with van der Waals surface area (Å²) in [6.07, 6.45) is 2.95. The van der Waals surface area contributed by atoms with E-state index in [1.54, 1.807) is 12.3 Å². The van der Waals surface area contributed by atoms with Crippen LogP contribution in [0.5, 0.6) is 0 Å². The highest BCUT2D eigenvalue weighted by atomic mass is 15.3. The number of nitrogens with zero attached hydrogens (tertiary/aromatic N) is 5. The minimum Gasteiger partial charge on any atom is -0.364 e. The van der Waals surface area contributed by atoms with E-state index >= 15 is 0 Å². The first kappa shape index (κ1) is 9.08. The molecule has 0 fully saturated rings. The van der Waals surface area contributed by atoms with Crippen LogP contribution in [-0.2, 0) is 6.54 Å². The molecule has 0 unspecified atom stereocenters. The summed E-state index contributed by atoms with van der Waals surface area (Å²) in [4.78, 5) is 7.71. The van der Waals surface area contributed by atoms with Crippen LogP contribution in [0.1, 0.15) is 11.4 Å². The molecule has 0 amide bonds. The zero-order valence-corrected chi connectivity index (χ0v) is 7.68. The lowest BCUT2D eigenvalue weighted by Gasteiger charge is -2.01. The molecule has 2 aromatic rings. The first-order chi connectivity index (χ1) is 7.38. The van der Waals surface area contributed by atoms with Gasteiger partial charge in [0, 0.05) is 6.07 Å². The Bertz CT molecular complexity index is 470. The molecule has 2 heterocycles. The van der Waals surface area contributed by atoms with E-state index in [4.69, 9.17) is 5.26 Å². The first-order valence-electron chi connectivity index (χ1n) is 4.19. The predicted molar refractivity (Wildman–Crippen MR) is 50.5 cm³/mol. The summed E-state index contributed by atoms with van der Waals surface area (Å²) in [5, 5.41) is 21.7. The van der Waals surface area contributed by atoms with Gasteiger partial charge in [-0.3, -0.25) is 0 Å². The lowest BCUT2D eigenvalue weighted by atomic mass is 10.4. The molecule has 0 aliphatic carbocycles. The van der Waals surface area contributed by atoms with Gasteiger partial charge in [-0.25, -0.2) is 9.97 Å². The van der Waals surface area contributed by atoms with Crippen LogP contribution in [-0.4, -0.2) is 25.4 Å². The van der Waals surface area contributed by atoms with Crippen molar-refractivity contribution in [2.75, 3.05) is 5.32 Å². The second kappa shape index (κ2) is 4.15. The highest BCUT2D eigenvalue weighted by Crippen LogP contribution is 2.04. The van der Waals surface area contributed by atoms with E-state index in [-0.39, 0.29) is 0 Å². The molecule has 0 bridgehead atoms. The second-order valence-electron chi connectivity index (χ2n) is 2.72. The maximum absolute atomic E-state index is 8.62. The molecule has 0 aliphatic rings. The van der Waals surface area contributed by atoms with Crippen molar-refractivity contribution in [3.8, 4) is 6.07 Å². The molecule has 0 aliphatic heterocycles. The minimum absolute atomic E-state index is 0.327. The van der Waals surface area contributed by atoms with Gasteiger partial charge < -0.3 is 5.32 Å². The summed E-state index contributed by atoms with van der Waals surface area (Å²) in [7, 11) is 0. The largest absolute Gasteiger partial charge is 0.364 e. The fourth-order valence-corrected chi connectivity index (χ4v) is 1.01. The first-order valence-corrected chi connectivity index (χ1v) is 4.19. The maximum Gasteiger partial charge on any atom is 0.145 e. The fraction of sp³-hybridized carbons (Fsp3) is 0.125. The Kier molecular flexibility index (Phi) is 2.51. The van der Waals surface area contributed by atoms with Gasteiger partial charge in [-0.05, 0) is 0 Å². The van der Waals surface area contributed by atoms with E-state index in [0.717, 1.165) is 5.69 Å². The molecule has 15 heavy (non-hydrogen) atoms. The highest BCUT2D eigenvalue weighted by Gasteiger charge is 1.99. The summed E-state index contributed by atoms with van der Waals surface area (Å²) in [6, 6.07) is 3.50. The van der Waals surface area contributed by atoms with E-state index in [0.29, 0.717) is 18.1 Å². The molecule has 2 rings (SSSR count). The van der Waals surface area contributed by atoms with Crippen LogP contribution in [0.3, 0.4) is 0 Å². The van der Waals surface area contributed by atoms with Gasteiger partial charge in [-0.1, -0.05) is 0 Å². The summed E-state index contributed by atoms with van der Waals surface area (Å²) in [5.41, 5.74) is 1.10. The second-order valence-corrected chi connectivity index (χ2v) is 2.72. The van der Waals surface area contributed by atoms with Crippen LogP contribution in [0.15, 0.2) is 18.6 Å². The number of aromatic nitrogens is 5. The molecular formula is C8H7N7. The van der Waals surface area contributed by atoms with Crippen molar-refractivity contribution in [2.24, 2.45) is 0 Å². The Labute approximate surface area is 85.2 Å². The van der Waals surface area contributed by atoms with E-state index in [2.05, 4.69) is 30.7 Å². The molecule has 0 saturated carbocycles. The molecule has 0 atom stereocenters. The monoisotopic (exact) mass is 201 g/mol. The third-order valence-corrected chi connectivity index (χ3v) is 1.70. The van der Waals surface area contributed by atoms with Crippen LogP contribution in [0.4, 0.5) is 5.82 Å². The van der Waals surface area contributed by atoms with Gasteiger partial charge in [0.1, 0.15) is 29.6 Å². The molecule has 2 aromatic heterocycles. The Morgan fingerprint density at radius 1 is 1.47 bits per heavy atom. The maximum atomic E-state index is 8.62. The van der Waals surface area contributed by atoms with Crippen molar-refractivity contribution in [1.29, 1.82) is 5.26 Å². The van der Waals surface area contributed by atoms with Crippen LogP contribution in [0.2, 0.25) is 0 Å². The zero-order chi connectivity index (χ0) is 10.5. The lowest BCUT2D eigenvalue weighted by molar-refractivity contribution is 0.908. The van der Waals surface area contributed by atoms with Crippen LogP contribution < -0.4 is 5.32 Å². The number of rotatable bonds is 3. The predicted octanol–water partition coefficient (Wildman–Crippen LogP) is 0.0785.